The van der Waals surface area contributed by atoms with Gasteiger partial charge in [-0.1, -0.05) is 24.0 Å². The number of halogens is 2. The lowest BCUT2D eigenvalue weighted by Crippen LogP contribution is -1.93. The van der Waals surface area contributed by atoms with Gasteiger partial charge in [0.25, 0.3) is 0 Å². The number of nitrogens with two attached hydrogens (primary N) is 1. The first-order valence-corrected chi connectivity index (χ1v) is 4.07. The fraction of sp³-hybridized carbons (Fsp3) is 0.111. The normalized spacial score (nSPS) is 7.83. The topological polar surface area (TPSA) is 26.0 Å². The Morgan fingerprint density at radius 2 is 2.00 bits per heavy atom. The molecule has 0 bridgehead atoms. The predicted molar refractivity (Wildman–Crippen MR) is 57.3 cm³/mol. The van der Waals surface area contributed by atoms with Crippen molar-refractivity contribution in [1.29, 1.82) is 0 Å². The van der Waals surface area contributed by atoms with Crippen molar-refractivity contribution in [2.45, 2.75) is 0 Å². The van der Waals surface area contributed by atoms with E-state index in [4.69, 9.17) is 5.73 Å². The molecular formula is C9H9BrClN. The van der Waals surface area contributed by atoms with Crippen molar-refractivity contribution < 1.29 is 0 Å². The van der Waals surface area contributed by atoms with Gasteiger partial charge < -0.3 is 5.73 Å². The third kappa shape index (κ3) is 3.27. The Labute approximate surface area is 86.9 Å². The Morgan fingerprint density at radius 3 is 2.58 bits per heavy atom. The van der Waals surface area contributed by atoms with Gasteiger partial charge in [-0.3, -0.25) is 0 Å². The van der Waals surface area contributed by atoms with E-state index in [-0.39, 0.29) is 12.4 Å². The highest BCUT2D eigenvalue weighted by atomic mass is 79.9. The second-order valence-corrected chi connectivity index (χ2v) is 2.84. The molecule has 0 fully saturated rings. The van der Waals surface area contributed by atoms with Crippen LogP contribution in [0.15, 0.2) is 28.7 Å². The van der Waals surface area contributed by atoms with Gasteiger partial charge >= 0.3 is 0 Å². The maximum atomic E-state index is 5.24. The lowest BCUT2D eigenvalue weighted by Gasteiger charge is -1.91. The summed E-state index contributed by atoms with van der Waals surface area (Å²) in [4.78, 5) is 0. The molecule has 0 aliphatic carbocycles. The lowest BCUT2D eigenvalue weighted by molar-refractivity contribution is 1.30. The van der Waals surface area contributed by atoms with E-state index in [2.05, 4.69) is 27.8 Å². The van der Waals surface area contributed by atoms with E-state index in [1.165, 1.54) is 0 Å². The van der Waals surface area contributed by atoms with Gasteiger partial charge in [0.05, 0.1) is 6.54 Å². The van der Waals surface area contributed by atoms with E-state index in [1.807, 2.05) is 24.3 Å². The van der Waals surface area contributed by atoms with Crippen molar-refractivity contribution in [3.63, 3.8) is 0 Å². The van der Waals surface area contributed by atoms with Crippen molar-refractivity contribution in [2.75, 3.05) is 6.54 Å². The average molecular weight is 247 g/mol. The minimum Gasteiger partial charge on any atom is -0.320 e. The molecule has 0 saturated heterocycles. The highest BCUT2D eigenvalue weighted by Gasteiger charge is 1.90. The summed E-state index contributed by atoms with van der Waals surface area (Å²) in [5.41, 5.74) is 6.22. The van der Waals surface area contributed by atoms with Crippen molar-refractivity contribution in [2.24, 2.45) is 5.73 Å². The van der Waals surface area contributed by atoms with Gasteiger partial charge in [-0.05, 0) is 28.1 Å². The Morgan fingerprint density at radius 1 is 1.33 bits per heavy atom. The van der Waals surface area contributed by atoms with Crippen LogP contribution in [-0.2, 0) is 0 Å². The number of hydrogen-bond donors (Lipinski definition) is 1. The summed E-state index contributed by atoms with van der Waals surface area (Å²) in [6.45, 7) is 0.404. The highest BCUT2D eigenvalue weighted by molar-refractivity contribution is 9.10. The molecule has 0 aliphatic heterocycles. The monoisotopic (exact) mass is 245 g/mol. The third-order valence-corrected chi connectivity index (χ3v) is 1.89. The van der Waals surface area contributed by atoms with Crippen LogP contribution in [0, 0.1) is 11.8 Å². The molecule has 0 heterocycles. The molecule has 1 aromatic carbocycles. The summed E-state index contributed by atoms with van der Waals surface area (Å²) in [5, 5.41) is 0. The first-order chi connectivity index (χ1) is 5.34. The highest BCUT2D eigenvalue weighted by Crippen LogP contribution is 2.13. The van der Waals surface area contributed by atoms with Crippen LogP contribution in [-0.4, -0.2) is 6.54 Å². The van der Waals surface area contributed by atoms with Crippen molar-refractivity contribution in [3.05, 3.63) is 34.3 Å². The third-order valence-electron chi connectivity index (χ3n) is 1.20. The molecule has 0 spiro atoms. The summed E-state index contributed by atoms with van der Waals surface area (Å²) < 4.78 is 1.01. The zero-order valence-electron chi connectivity index (χ0n) is 6.38. The summed E-state index contributed by atoms with van der Waals surface area (Å²) in [6, 6.07) is 7.82. The van der Waals surface area contributed by atoms with Crippen LogP contribution < -0.4 is 5.73 Å². The molecule has 0 unspecified atom stereocenters. The molecule has 1 nitrogen and oxygen atoms in total. The Bertz CT molecular complexity index is 301. The Kier molecular flexibility index (Phi) is 5.83. The van der Waals surface area contributed by atoms with Crippen LogP contribution in [0.5, 0.6) is 0 Å². The summed E-state index contributed by atoms with van der Waals surface area (Å²) in [7, 11) is 0. The maximum absolute atomic E-state index is 5.24. The molecule has 0 atom stereocenters. The lowest BCUT2D eigenvalue weighted by atomic mass is 10.2. The van der Waals surface area contributed by atoms with Crippen LogP contribution in [0.1, 0.15) is 5.56 Å². The van der Waals surface area contributed by atoms with E-state index in [1.54, 1.807) is 0 Å². The standard InChI is InChI=1S/C9H8BrN.ClH/c10-9-6-2-1-4-8(9)5-3-7-11;/h1-2,4,6H,7,11H2;1H. The van der Waals surface area contributed by atoms with Crippen LogP contribution in [0.4, 0.5) is 0 Å². The molecular weight excluding hydrogens is 237 g/mol. The quantitative estimate of drug-likeness (QED) is 0.698. The molecule has 0 aliphatic rings. The minimum absolute atomic E-state index is 0. The molecule has 2 N–H and O–H groups in total. The zero-order valence-corrected chi connectivity index (χ0v) is 8.78. The van der Waals surface area contributed by atoms with Gasteiger partial charge in [-0.2, -0.15) is 0 Å². The van der Waals surface area contributed by atoms with E-state index in [0.717, 1.165) is 10.0 Å². The number of rotatable bonds is 0. The maximum Gasteiger partial charge on any atom is 0.0555 e. The van der Waals surface area contributed by atoms with Crippen molar-refractivity contribution in [1.82, 2.24) is 0 Å². The molecule has 0 radical (unpaired) electrons. The first-order valence-electron chi connectivity index (χ1n) is 3.28. The summed E-state index contributed by atoms with van der Waals surface area (Å²) in [5.74, 6) is 5.74. The Hall–Kier alpha value is -0.490. The van der Waals surface area contributed by atoms with E-state index in [9.17, 15) is 0 Å². The first kappa shape index (κ1) is 11.5. The van der Waals surface area contributed by atoms with Gasteiger partial charge in [-0.15, -0.1) is 12.4 Å². The fourth-order valence-electron chi connectivity index (χ4n) is 0.709. The van der Waals surface area contributed by atoms with Gasteiger partial charge in [0.15, 0.2) is 0 Å². The molecule has 3 heteroatoms. The molecule has 64 valence electrons. The van der Waals surface area contributed by atoms with Crippen molar-refractivity contribution in [3.8, 4) is 11.8 Å². The second kappa shape index (κ2) is 6.07. The molecule has 0 aromatic heterocycles. The minimum atomic E-state index is 0. The molecule has 1 aromatic rings. The summed E-state index contributed by atoms with van der Waals surface area (Å²) in [6.07, 6.45) is 0. The molecule has 0 saturated carbocycles. The van der Waals surface area contributed by atoms with Crippen LogP contribution in [0.25, 0.3) is 0 Å². The van der Waals surface area contributed by atoms with Crippen molar-refractivity contribution >= 4 is 28.3 Å². The fourth-order valence-corrected chi connectivity index (χ4v) is 1.09. The summed E-state index contributed by atoms with van der Waals surface area (Å²) >= 11 is 3.38. The van der Waals surface area contributed by atoms with Crippen LogP contribution in [0.3, 0.4) is 0 Å². The zero-order chi connectivity index (χ0) is 8.10. The average Bonchev–Trinajstić information content (AvgIpc) is 2.03. The van der Waals surface area contributed by atoms with Crippen LogP contribution >= 0.6 is 28.3 Å². The van der Waals surface area contributed by atoms with Gasteiger partial charge in [0.1, 0.15) is 0 Å². The molecule has 12 heavy (non-hydrogen) atoms. The van der Waals surface area contributed by atoms with E-state index >= 15 is 0 Å². The van der Waals surface area contributed by atoms with Crippen LogP contribution in [0.2, 0.25) is 0 Å². The van der Waals surface area contributed by atoms with E-state index in [0.29, 0.717) is 6.54 Å². The second-order valence-electron chi connectivity index (χ2n) is 1.99. The Balaban J connectivity index is 0.00000121. The molecule has 0 amide bonds. The number of benzene rings is 1. The predicted octanol–water partition coefficient (Wildman–Crippen LogP) is 2.18. The molecule has 1 rings (SSSR count). The van der Waals surface area contributed by atoms with E-state index < -0.39 is 0 Å². The van der Waals surface area contributed by atoms with Gasteiger partial charge in [-0.25, -0.2) is 0 Å². The van der Waals surface area contributed by atoms with Gasteiger partial charge in [0.2, 0.25) is 0 Å². The number of hydrogen-bond acceptors (Lipinski definition) is 1. The van der Waals surface area contributed by atoms with Gasteiger partial charge in [0, 0.05) is 10.0 Å². The smallest absolute Gasteiger partial charge is 0.0555 e. The largest absolute Gasteiger partial charge is 0.320 e. The SMILES string of the molecule is Cl.NCC#Cc1ccccc1Br.